The van der Waals surface area contributed by atoms with Crippen LogP contribution in [0.4, 0.5) is 0 Å². The first-order valence-corrected chi connectivity index (χ1v) is 8.11. The second kappa shape index (κ2) is 5.49. The van der Waals surface area contributed by atoms with Gasteiger partial charge in [-0.15, -0.1) is 0 Å². The highest BCUT2D eigenvalue weighted by atomic mass is 32.1. The molecule has 0 aromatic heterocycles. The Morgan fingerprint density at radius 3 is 2.58 bits per heavy atom. The normalized spacial score (nSPS) is 28.6. The van der Waals surface area contributed by atoms with Gasteiger partial charge in [0.25, 0.3) is 0 Å². The molecular weight excluding hydrogens is 250 g/mol. The largest absolute Gasteiger partial charge is 0.306 e. The first kappa shape index (κ1) is 13.5. The van der Waals surface area contributed by atoms with Crippen molar-refractivity contribution in [1.29, 1.82) is 0 Å². The van der Waals surface area contributed by atoms with Crippen molar-refractivity contribution in [3.8, 4) is 0 Å². The average Bonchev–Trinajstić information content (AvgIpc) is 3.09. The lowest BCUT2D eigenvalue weighted by Gasteiger charge is -2.29. The van der Waals surface area contributed by atoms with Crippen LogP contribution in [0.1, 0.15) is 41.9 Å². The van der Waals surface area contributed by atoms with Gasteiger partial charge < -0.3 is 4.90 Å². The second-order valence-electron chi connectivity index (χ2n) is 6.53. The Labute approximate surface area is 122 Å². The lowest BCUT2D eigenvalue weighted by Crippen LogP contribution is -2.29. The van der Waals surface area contributed by atoms with Gasteiger partial charge in [0.05, 0.1) is 0 Å². The van der Waals surface area contributed by atoms with Gasteiger partial charge in [0.15, 0.2) is 0 Å². The van der Waals surface area contributed by atoms with Crippen molar-refractivity contribution in [3.63, 3.8) is 0 Å². The minimum absolute atomic E-state index is 0.659. The summed E-state index contributed by atoms with van der Waals surface area (Å²) in [5, 5.41) is 0.659. The third-order valence-electron chi connectivity index (χ3n) is 4.93. The molecule has 19 heavy (non-hydrogen) atoms. The summed E-state index contributed by atoms with van der Waals surface area (Å²) in [6, 6.07) is 7.18. The summed E-state index contributed by atoms with van der Waals surface area (Å²) in [4.78, 5) is 2.45. The van der Waals surface area contributed by atoms with Crippen LogP contribution in [0.2, 0.25) is 0 Å². The van der Waals surface area contributed by atoms with Gasteiger partial charge in [-0.1, -0.05) is 18.2 Å². The fourth-order valence-electron chi connectivity index (χ4n) is 3.24. The van der Waals surface area contributed by atoms with Crippen LogP contribution >= 0.6 is 12.6 Å². The zero-order valence-electron chi connectivity index (χ0n) is 12.1. The minimum Gasteiger partial charge on any atom is -0.306 e. The summed E-state index contributed by atoms with van der Waals surface area (Å²) in [6.45, 7) is 4.74. The summed E-state index contributed by atoms with van der Waals surface area (Å²) < 4.78 is 0. The SMILES string of the molecule is Cc1ccc(C2CCN(C)CC2)cc1CC1CC1S. The fraction of sp³-hybridized carbons (Fsp3) is 0.647. The monoisotopic (exact) mass is 275 g/mol. The van der Waals surface area contributed by atoms with E-state index >= 15 is 0 Å². The van der Waals surface area contributed by atoms with Crippen LogP contribution in [0.25, 0.3) is 0 Å². The third-order valence-corrected chi connectivity index (χ3v) is 5.56. The number of rotatable bonds is 3. The van der Waals surface area contributed by atoms with Gasteiger partial charge in [-0.3, -0.25) is 0 Å². The molecule has 1 aliphatic carbocycles. The second-order valence-corrected chi connectivity index (χ2v) is 7.19. The molecule has 2 atom stereocenters. The van der Waals surface area contributed by atoms with Crippen LogP contribution in [-0.2, 0) is 6.42 Å². The van der Waals surface area contributed by atoms with E-state index in [1.165, 1.54) is 44.3 Å². The predicted molar refractivity (Wildman–Crippen MR) is 85.2 cm³/mol. The lowest BCUT2D eigenvalue weighted by atomic mass is 9.87. The van der Waals surface area contributed by atoms with Gasteiger partial charge in [0.2, 0.25) is 0 Å². The number of hydrogen-bond donors (Lipinski definition) is 1. The highest BCUT2D eigenvalue weighted by Crippen LogP contribution is 2.39. The number of nitrogens with zero attached hydrogens (tertiary/aromatic N) is 1. The van der Waals surface area contributed by atoms with Crippen LogP contribution in [0.3, 0.4) is 0 Å². The van der Waals surface area contributed by atoms with E-state index in [-0.39, 0.29) is 0 Å². The molecule has 0 bridgehead atoms. The molecular formula is C17H25NS. The molecule has 1 aliphatic heterocycles. The zero-order valence-corrected chi connectivity index (χ0v) is 13.0. The van der Waals surface area contributed by atoms with Crippen molar-refractivity contribution in [2.24, 2.45) is 5.92 Å². The smallest absolute Gasteiger partial charge is 0.00518 e. The number of aryl methyl sites for hydroxylation is 1. The van der Waals surface area contributed by atoms with Crippen LogP contribution < -0.4 is 0 Å². The quantitative estimate of drug-likeness (QED) is 0.824. The van der Waals surface area contributed by atoms with Crippen LogP contribution in [-0.4, -0.2) is 30.3 Å². The molecule has 1 aromatic rings. The van der Waals surface area contributed by atoms with E-state index in [0.29, 0.717) is 5.25 Å². The zero-order chi connectivity index (χ0) is 13.4. The Bertz CT molecular complexity index is 449. The highest BCUT2D eigenvalue weighted by molar-refractivity contribution is 7.81. The van der Waals surface area contributed by atoms with E-state index < -0.39 is 0 Å². The van der Waals surface area contributed by atoms with E-state index in [4.69, 9.17) is 0 Å². The van der Waals surface area contributed by atoms with Gasteiger partial charge in [0.1, 0.15) is 0 Å². The van der Waals surface area contributed by atoms with Crippen molar-refractivity contribution in [2.45, 2.75) is 43.8 Å². The Balaban J connectivity index is 1.73. The molecule has 0 N–H and O–H groups in total. The molecule has 0 radical (unpaired) electrons. The van der Waals surface area contributed by atoms with E-state index in [1.807, 2.05) is 0 Å². The predicted octanol–water partition coefficient (Wildman–Crippen LogP) is 3.67. The first-order chi connectivity index (χ1) is 9.13. The van der Waals surface area contributed by atoms with E-state index in [0.717, 1.165) is 11.8 Å². The Hall–Kier alpha value is -0.470. The van der Waals surface area contributed by atoms with Crippen molar-refractivity contribution in [1.82, 2.24) is 4.90 Å². The fourth-order valence-corrected chi connectivity index (χ4v) is 3.62. The van der Waals surface area contributed by atoms with Gasteiger partial charge in [0, 0.05) is 5.25 Å². The molecule has 2 aliphatic rings. The number of benzene rings is 1. The van der Waals surface area contributed by atoms with E-state index in [1.54, 1.807) is 11.1 Å². The number of piperidine rings is 1. The highest BCUT2D eigenvalue weighted by Gasteiger charge is 2.33. The molecule has 0 amide bonds. The molecule has 1 heterocycles. The lowest BCUT2D eigenvalue weighted by molar-refractivity contribution is 0.255. The van der Waals surface area contributed by atoms with Crippen molar-refractivity contribution in [2.75, 3.05) is 20.1 Å². The molecule has 1 saturated heterocycles. The summed E-state index contributed by atoms with van der Waals surface area (Å²) in [6.07, 6.45) is 5.18. The molecule has 3 rings (SSSR count). The van der Waals surface area contributed by atoms with Crippen molar-refractivity contribution < 1.29 is 0 Å². The molecule has 2 heteroatoms. The molecule has 1 nitrogen and oxygen atoms in total. The molecule has 1 aromatic carbocycles. The van der Waals surface area contributed by atoms with Gasteiger partial charge >= 0.3 is 0 Å². The van der Waals surface area contributed by atoms with Crippen LogP contribution in [0.15, 0.2) is 18.2 Å². The summed E-state index contributed by atoms with van der Waals surface area (Å²) in [7, 11) is 2.23. The van der Waals surface area contributed by atoms with E-state index in [2.05, 4.69) is 49.7 Å². The number of thiol groups is 1. The maximum Gasteiger partial charge on any atom is 0.00518 e. The summed E-state index contributed by atoms with van der Waals surface area (Å²) in [5.41, 5.74) is 4.60. The molecule has 2 unspecified atom stereocenters. The van der Waals surface area contributed by atoms with Crippen molar-refractivity contribution in [3.05, 3.63) is 34.9 Å². The molecule has 104 valence electrons. The van der Waals surface area contributed by atoms with Crippen LogP contribution in [0.5, 0.6) is 0 Å². The summed E-state index contributed by atoms with van der Waals surface area (Å²) >= 11 is 4.57. The number of hydrogen-bond acceptors (Lipinski definition) is 2. The first-order valence-electron chi connectivity index (χ1n) is 7.59. The average molecular weight is 275 g/mol. The molecule has 2 fully saturated rings. The summed E-state index contributed by atoms with van der Waals surface area (Å²) in [5.74, 6) is 1.61. The third kappa shape index (κ3) is 3.17. The van der Waals surface area contributed by atoms with Crippen LogP contribution in [0, 0.1) is 12.8 Å². The Kier molecular flexibility index (Phi) is 3.91. The Morgan fingerprint density at radius 1 is 1.26 bits per heavy atom. The topological polar surface area (TPSA) is 3.24 Å². The maximum atomic E-state index is 4.57. The Morgan fingerprint density at radius 2 is 1.95 bits per heavy atom. The standard InChI is InChI=1S/C17H25NS/c1-12-3-4-14(13-5-7-18(2)8-6-13)9-15(12)10-16-11-17(16)19/h3-4,9,13,16-17,19H,5-8,10-11H2,1-2H3. The van der Waals surface area contributed by atoms with Crippen molar-refractivity contribution >= 4 is 12.6 Å². The van der Waals surface area contributed by atoms with Gasteiger partial charge in [-0.2, -0.15) is 12.6 Å². The van der Waals surface area contributed by atoms with E-state index in [9.17, 15) is 0 Å². The maximum absolute atomic E-state index is 4.57. The molecule has 1 saturated carbocycles. The number of likely N-dealkylation sites (tertiary alicyclic amines) is 1. The van der Waals surface area contributed by atoms with Gasteiger partial charge in [-0.25, -0.2) is 0 Å². The van der Waals surface area contributed by atoms with Gasteiger partial charge in [-0.05, 0) is 81.3 Å². The minimum atomic E-state index is 0.659. The molecule has 0 spiro atoms.